The van der Waals surface area contributed by atoms with Gasteiger partial charge in [0.25, 0.3) is 5.91 Å². The van der Waals surface area contributed by atoms with Crippen molar-refractivity contribution in [3.05, 3.63) is 71.7 Å². The number of benzene rings is 2. The van der Waals surface area contributed by atoms with Gasteiger partial charge in [-0.2, -0.15) is 23.1 Å². The molecule has 0 aliphatic carbocycles. The lowest BCUT2D eigenvalue weighted by molar-refractivity contribution is -0.137. The van der Waals surface area contributed by atoms with E-state index in [0.717, 1.165) is 24.3 Å². The third-order valence-corrected chi connectivity index (χ3v) is 3.88. The van der Waals surface area contributed by atoms with E-state index >= 15 is 0 Å². The molecule has 3 rings (SSSR count). The minimum Gasteiger partial charge on any atom is -0.424 e. The first kappa shape index (κ1) is 21.0. The molecule has 0 unspecified atom stereocenters. The van der Waals surface area contributed by atoms with Crippen LogP contribution in [0.3, 0.4) is 0 Å². The summed E-state index contributed by atoms with van der Waals surface area (Å²) >= 11 is 0. The number of carbonyl (C=O) groups is 1. The zero-order valence-corrected chi connectivity index (χ0v) is 15.9. The molecule has 156 valence electrons. The number of carbonyl (C=O) groups excluding carboxylic acids is 1. The summed E-state index contributed by atoms with van der Waals surface area (Å²) < 4.78 is 56.6. The van der Waals surface area contributed by atoms with Crippen molar-refractivity contribution in [2.24, 2.45) is 0 Å². The van der Waals surface area contributed by atoms with Gasteiger partial charge in [0.1, 0.15) is 23.1 Å². The molecule has 30 heavy (non-hydrogen) atoms. The highest BCUT2D eigenvalue weighted by atomic mass is 19.4. The van der Waals surface area contributed by atoms with E-state index in [0.29, 0.717) is 11.5 Å². The van der Waals surface area contributed by atoms with Gasteiger partial charge >= 0.3 is 12.2 Å². The minimum atomic E-state index is -4.47. The smallest absolute Gasteiger partial charge is 0.416 e. The summed E-state index contributed by atoms with van der Waals surface area (Å²) in [6.07, 6.45) is -4.47. The van der Waals surface area contributed by atoms with E-state index in [1.54, 1.807) is 19.0 Å². The molecule has 0 spiro atoms. The Morgan fingerprint density at radius 2 is 1.63 bits per heavy atom. The van der Waals surface area contributed by atoms with E-state index in [1.165, 1.54) is 30.3 Å². The summed E-state index contributed by atoms with van der Waals surface area (Å²) in [7, 11) is 3.37. The van der Waals surface area contributed by atoms with Gasteiger partial charge in [0.2, 0.25) is 0 Å². The van der Waals surface area contributed by atoms with Crippen LogP contribution in [0.2, 0.25) is 0 Å². The van der Waals surface area contributed by atoms with Gasteiger partial charge in [0.05, 0.1) is 5.56 Å². The molecule has 0 aliphatic heterocycles. The van der Waals surface area contributed by atoms with Gasteiger partial charge in [-0.1, -0.05) is 0 Å². The zero-order chi connectivity index (χ0) is 21.9. The number of nitrogens with zero attached hydrogens (tertiary/aromatic N) is 3. The first-order valence-corrected chi connectivity index (χ1v) is 8.60. The highest BCUT2D eigenvalue weighted by Gasteiger charge is 2.30. The molecule has 3 aromatic rings. The molecule has 0 aliphatic rings. The maximum atomic E-state index is 13.0. The molecule has 1 heterocycles. The number of alkyl halides is 3. The Labute approximate surface area is 169 Å². The van der Waals surface area contributed by atoms with Crippen LogP contribution >= 0.6 is 0 Å². The molecule has 0 atom stereocenters. The molecule has 0 fully saturated rings. The first-order chi connectivity index (χ1) is 14.1. The third kappa shape index (κ3) is 5.22. The summed E-state index contributed by atoms with van der Waals surface area (Å²) in [4.78, 5) is 22.3. The second-order valence-corrected chi connectivity index (χ2v) is 6.37. The molecule has 6 nitrogen and oxygen atoms in total. The van der Waals surface area contributed by atoms with Crippen molar-refractivity contribution in [2.45, 2.75) is 6.18 Å². The van der Waals surface area contributed by atoms with Crippen LogP contribution in [-0.2, 0) is 6.18 Å². The molecule has 1 aromatic heterocycles. The predicted molar refractivity (Wildman–Crippen MR) is 102 cm³/mol. The summed E-state index contributed by atoms with van der Waals surface area (Å²) in [6.45, 7) is 0. The molecule has 1 amide bonds. The van der Waals surface area contributed by atoms with Crippen molar-refractivity contribution < 1.29 is 27.1 Å². The summed E-state index contributed by atoms with van der Waals surface area (Å²) in [5.41, 5.74) is -0.506. The van der Waals surface area contributed by atoms with Crippen LogP contribution in [-0.4, -0.2) is 30.0 Å². The zero-order valence-electron chi connectivity index (χ0n) is 15.9. The van der Waals surface area contributed by atoms with Crippen LogP contribution in [0.1, 0.15) is 16.1 Å². The number of amides is 1. The first-order valence-electron chi connectivity index (χ1n) is 8.60. The number of ether oxygens (including phenoxy) is 1. The van der Waals surface area contributed by atoms with E-state index in [4.69, 9.17) is 4.74 Å². The van der Waals surface area contributed by atoms with E-state index in [1.807, 2.05) is 0 Å². The Morgan fingerprint density at radius 1 is 1.00 bits per heavy atom. The monoisotopic (exact) mass is 420 g/mol. The summed E-state index contributed by atoms with van der Waals surface area (Å²) in [6, 6.07) is 10.4. The van der Waals surface area contributed by atoms with Gasteiger partial charge in [0, 0.05) is 25.8 Å². The van der Waals surface area contributed by atoms with Crippen molar-refractivity contribution in [2.75, 3.05) is 24.3 Å². The molecular weight excluding hydrogens is 404 g/mol. The highest BCUT2D eigenvalue weighted by molar-refractivity contribution is 6.03. The second kappa shape index (κ2) is 8.36. The highest BCUT2D eigenvalue weighted by Crippen LogP contribution is 2.31. The number of hydrogen-bond acceptors (Lipinski definition) is 5. The molecule has 0 saturated carbocycles. The summed E-state index contributed by atoms with van der Waals surface area (Å²) in [5.74, 6) is -0.624. The van der Waals surface area contributed by atoms with E-state index in [2.05, 4.69) is 15.3 Å². The van der Waals surface area contributed by atoms with Crippen molar-refractivity contribution in [1.29, 1.82) is 0 Å². The van der Waals surface area contributed by atoms with Crippen molar-refractivity contribution in [3.8, 4) is 11.8 Å². The third-order valence-electron chi connectivity index (χ3n) is 3.88. The maximum Gasteiger partial charge on any atom is 0.416 e. The minimum absolute atomic E-state index is 0.0417. The van der Waals surface area contributed by atoms with Gasteiger partial charge in [0.15, 0.2) is 0 Å². The van der Waals surface area contributed by atoms with Crippen LogP contribution in [0.5, 0.6) is 11.8 Å². The fourth-order valence-corrected chi connectivity index (χ4v) is 2.35. The predicted octanol–water partition coefficient (Wildman–Crippen LogP) is 4.75. The van der Waals surface area contributed by atoms with Crippen molar-refractivity contribution >= 4 is 17.4 Å². The van der Waals surface area contributed by atoms with Crippen molar-refractivity contribution in [1.82, 2.24) is 9.97 Å². The molecular formula is C20H16F4N4O2. The van der Waals surface area contributed by atoms with Crippen LogP contribution < -0.4 is 15.0 Å². The molecule has 2 aromatic carbocycles. The Morgan fingerprint density at radius 3 is 2.20 bits per heavy atom. The van der Waals surface area contributed by atoms with Crippen LogP contribution in [0, 0.1) is 5.82 Å². The van der Waals surface area contributed by atoms with Gasteiger partial charge in [-0.05, 0) is 48.5 Å². The largest absolute Gasteiger partial charge is 0.424 e. The Hall–Kier alpha value is -3.69. The van der Waals surface area contributed by atoms with E-state index < -0.39 is 23.5 Å². The molecule has 1 N–H and O–H groups in total. The maximum absolute atomic E-state index is 13.0. The quantitative estimate of drug-likeness (QED) is 0.604. The Kier molecular flexibility index (Phi) is 5.86. The van der Waals surface area contributed by atoms with E-state index in [-0.39, 0.29) is 17.5 Å². The number of hydrogen-bond donors (Lipinski definition) is 1. The van der Waals surface area contributed by atoms with Crippen molar-refractivity contribution in [3.63, 3.8) is 0 Å². The van der Waals surface area contributed by atoms with E-state index in [9.17, 15) is 22.4 Å². The SMILES string of the molecule is CN(C)c1cc(C(=O)Nc2ccc(F)cc2)nc(Oc2ccc(C(F)(F)F)cc2)n1. The van der Waals surface area contributed by atoms with Crippen LogP contribution in [0.15, 0.2) is 54.6 Å². The van der Waals surface area contributed by atoms with Gasteiger partial charge in [-0.3, -0.25) is 4.79 Å². The lowest BCUT2D eigenvalue weighted by Gasteiger charge is -2.14. The average Bonchev–Trinajstić information content (AvgIpc) is 2.69. The molecule has 0 bridgehead atoms. The Balaban J connectivity index is 1.85. The normalized spacial score (nSPS) is 11.1. The topological polar surface area (TPSA) is 67.4 Å². The number of nitrogens with one attached hydrogen (secondary N) is 1. The fraction of sp³-hybridized carbons (Fsp3) is 0.150. The summed E-state index contributed by atoms with van der Waals surface area (Å²) in [5, 5.41) is 2.57. The molecule has 0 saturated heterocycles. The lowest BCUT2D eigenvalue weighted by atomic mass is 10.2. The Bertz CT molecular complexity index is 1040. The second-order valence-electron chi connectivity index (χ2n) is 6.37. The lowest BCUT2D eigenvalue weighted by Crippen LogP contribution is -2.18. The van der Waals surface area contributed by atoms with Gasteiger partial charge in [-0.25, -0.2) is 4.39 Å². The average molecular weight is 420 g/mol. The molecule has 10 heteroatoms. The number of aromatic nitrogens is 2. The van der Waals surface area contributed by atoms with Gasteiger partial charge in [-0.15, -0.1) is 0 Å². The standard InChI is InChI=1S/C20H16F4N4O2/c1-28(2)17-11-16(18(29)25-14-7-5-13(21)6-8-14)26-19(27-17)30-15-9-3-12(4-10-15)20(22,23)24/h3-11H,1-2H3,(H,25,29). The fourth-order valence-electron chi connectivity index (χ4n) is 2.35. The molecule has 0 radical (unpaired) electrons. The van der Waals surface area contributed by atoms with Crippen LogP contribution in [0.25, 0.3) is 0 Å². The number of anilines is 2. The van der Waals surface area contributed by atoms with Crippen LogP contribution in [0.4, 0.5) is 29.1 Å². The number of halogens is 4. The van der Waals surface area contributed by atoms with Gasteiger partial charge < -0.3 is 15.0 Å². The number of rotatable bonds is 5.